The monoisotopic (exact) mass is 238 g/mol. The summed E-state index contributed by atoms with van der Waals surface area (Å²) in [7, 11) is 0. The van der Waals surface area contributed by atoms with Crippen LogP contribution >= 0.6 is 0 Å². The second-order valence-corrected chi connectivity index (χ2v) is 3.87. The fraction of sp³-hybridized carbons (Fsp3) is 1.00. The molecule has 0 aliphatic heterocycles. The Labute approximate surface area is 92.5 Å². The smallest absolute Gasteiger partial charge is 0.114 e. The fourth-order valence-corrected chi connectivity index (χ4v) is 1.68. The van der Waals surface area contributed by atoms with Gasteiger partial charge in [0.25, 0.3) is 0 Å². The molecule has 1 aliphatic rings. The predicted molar refractivity (Wildman–Crippen MR) is 51.5 cm³/mol. The third-order valence-electron chi connectivity index (χ3n) is 2.69. The van der Waals surface area contributed by atoms with Crippen molar-refractivity contribution in [1.29, 1.82) is 0 Å². The highest BCUT2D eigenvalue weighted by molar-refractivity contribution is 4.99. The van der Waals surface area contributed by atoms with Crippen LogP contribution in [0.4, 0.5) is 0 Å². The van der Waals surface area contributed by atoms with E-state index < -0.39 is 36.6 Å². The Bertz CT molecular complexity index is 196. The van der Waals surface area contributed by atoms with Gasteiger partial charge in [-0.2, -0.15) is 0 Å². The van der Waals surface area contributed by atoms with Gasteiger partial charge in [-0.3, -0.25) is 0 Å². The maximum Gasteiger partial charge on any atom is 0.114 e. The molecule has 1 rings (SSSR count). The van der Waals surface area contributed by atoms with Crippen molar-refractivity contribution in [3.05, 3.63) is 0 Å². The highest BCUT2D eigenvalue weighted by atomic mass is 16.5. The molecule has 1 aliphatic carbocycles. The van der Waals surface area contributed by atoms with Crippen LogP contribution in [0.1, 0.15) is 6.42 Å². The van der Waals surface area contributed by atoms with Crippen molar-refractivity contribution in [2.75, 3.05) is 13.2 Å². The third kappa shape index (κ3) is 2.69. The van der Waals surface area contributed by atoms with Crippen molar-refractivity contribution in [3.8, 4) is 0 Å². The SMILES string of the molecule is OCCCO[C@H]1C(O)C(O)[C@H](O)C(O)C1O. The minimum atomic E-state index is -1.61. The zero-order valence-corrected chi connectivity index (χ0v) is 8.68. The van der Waals surface area contributed by atoms with Gasteiger partial charge >= 0.3 is 0 Å². The summed E-state index contributed by atoms with van der Waals surface area (Å²) in [5, 5.41) is 55.6. The van der Waals surface area contributed by atoms with Gasteiger partial charge < -0.3 is 35.4 Å². The molecule has 7 heteroatoms. The molecule has 0 spiro atoms. The van der Waals surface area contributed by atoms with Gasteiger partial charge in [-0.15, -0.1) is 0 Å². The Morgan fingerprint density at radius 3 is 1.62 bits per heavy atom. The van der Waals surface area contributed by atoms with E-state index in [0.29, 0.717) is 6.42 Å². The van der Waals surface area contributed by atoms with Crippen LogP contribution < -0.4 is 0 Å². The summed E-state index contributed by atoms with van der Waals surface area (Å²) < 4.78 is 5.05. The second kappa shape index (κ2) is 5.87. The summed E-state index contributed by atoms with van der Waals surface area (Å²) in [6, 6.07) is 0. The Kier molecular flexibility index (Phi) is 5.06. The summed E-state index contributed by atoms with van der Waals surface area (Å²) >= 11 is 0. The van der Waals surface area contributed by atoms with Gasteiger partial charge in [-0.25, -0.2) is 0 Å². The van der Waals surface area contributed by atoms with Crippen LogP contribution in [0, 0.1) is 0 Å². The Hall–Kier alpha value is -0.280. The first kappa shape index (κ1) is 13.8. The second-order valence-electron chi connectivity index (χ2n) is 3.87. The van der Waals surface area contributed by atoms with Crippen LogP contribution in [0.3, 0.4) is 0 Å². The largest absolute Gasteiger partial charge is 0.396 e. The number of hydrogen-bond acceptors (Lipinski definition) is 7. The molecule has 0 radical (unpaired) electrons. The lowest BCUT2D eigenvalue weighted by Crippen LogP contribution is -2.64. The van der Waals surface area contributed by atoms with Gasteiger partial charge in [0.05, 0.1) is 0 Å². The Morgan fingerprint density at radius 2 is 1.19 bits per heavy atom. The molecule has 96 valence electrons. The zero-order chi connectivity index (χ0) is 12.3. The summed E-state index contributed by atoms with van der Waals surface area (Å²) in [5.74, 6) is 0. The normalized spacial score (nSPS) is 44.6. The Morgan fingerprint density at radius 1 is 0.750 bits per heavy atom. The molecule has 0 saturated heterocycles. The molecule has 4 unspecified atom stereocenters. The highest BCUT2D eigenvalue weighted by Gasteiger charge is 2.48. The number of hydrogen-bond donors (Lipinski definition) is 6. The first-order valence-corrected chi connectivity index (χ1v) is 5.13. The minimum Gasteiger partial charge on any atom is -0.396 e. The zero-order valence-electron chi connectivity index (χ0n) is 8.68. The quantitative estimate of drug-likeness (QED) is 0.281. The average molecular weight is 238 g/mol. The molecule has 6 N–H and O–H groups in total. The summed E-state index contributed by atoms with van der Waals surface area (Å²) in [6.07, 6.45) is -8.58. The lowest BCUT2D eigenvalue weighted by molar-refractivity contribution is -0.235. The molecule has 0 aromatic rings. The van der Waals surface area contributed by atoms with Crippen LogP contribution in [0.25, 0.3) is 0 Å². The van der Waals surface area contributed by atoms with Gasteiger partial charge in [0, 0.05) is 13.2 Å². The highest BCUT2D eigenvalue weighted by Crippen LogP contribution is 2.23. The third-order valence-corrected chi connectivity index (χ3v) is 2.69. The van der Waals surface area contributed by atoms with Crippen LogP contribution in [-0.4, -0.2) is 80.5 Å². The molecule has 1 fully saturated rings. The van der Waals surface area contributed by atoms with Gasteiger partial charge in [0.15, 0.2) is 0 Å². The number of aliphatic hydroxyl groups excluding tert-OH is 6. The summed E-state index contributed by atoms with van der Waals surface area (Å²) in [6.45, 7) is -0.0303. The van der Waals surface area contributed by atoms with E-state index in [1.54, 1.807) is 0 Å². The Balaban J connectivity index is 2.60. The number of rotatable bonds is 4. The molecule has 0 bridgehead atoms. The summed E-state index contributed by atoms with van der Waals surface area (Å²) in [5.41, 5.74) is 0. The van der Waals surface area contributed by atoms with Crippen LogP contribution in [0.2, 0.25) is 0 Å². The molecular formula is C9H18O7. The lowest BCUT2D eigenvalue weighted by atomic mass is 9.85. The number of aliphatic hydroxyl groups is 6. The maximum atomic E-state index is 9.53. The van der Waals surface area contributed by atoms with E-state index in [1.165, 1.54) is 0 Å². The van der Waals surface area contributed by atoms with E-state index in [9.17, 15) is 25.5 Å². The predicted octanol–water partition coefficient (Wildman–Crippen LogP) is -3.43. The minimum absolute atomic E-state index is 0.0742. The van der Waals surface area contributed by atoms with Crippen LogP contribution in [-0.2, 0) is 4.74 Å². The topological polar surface area (TPSA) is 131 Å². The standard InChI is InChI=1S/C9H18O7/c10-2-1-3-16-9-7(14)5(12)4(11)6(13)8(9)15/h4-15H,1-3H2/t4-,5?,6?,7?,8?,9-. The first-order chi connectivity index (χ1) is 7.50. The first-order valence-electron chi connectivity index (χ1n) is 5.13. The van der Waals surface area contributed by atoms with E-state index in [2.05, 4.69) is 0 Å². The number of ether oxygens (including phenoxy) is 1. The van der Waals surface area contributed by atoms with Crippen LogP contribution in [0.5, 0.6) is 0 Å². The molecule has 0 amide bonds. The van der Waals surface area contributed by atoms with Crippen molar-refractivity contribution in [2.45, 2.75) is 43.0 Å². The van der Waals surface area contributed by atoms with E-state index in [1.807, 2.05) is 0 Å². The fourth-order valence-electron chi connectivity index (χ4n) is 1.68. The van der Waals surface area contributed by atoms with E-state index in [0.717, 1.165) is 0 Å². The molecule has 0 heterocycles. The van der Waals surface area contributed by atoms with Crippen molar-refractivity contribution in [3.63, 3.8) is 0 Å². The van der Waals surface area contributed by atoms with Gasteiger partial charge in [-0.05, 0) is 6.42 Å². The van der Waals surface area contributed by atoms with E-state index in [-0.39, 0.29) is 13.2 Å². The van der Waals surface area contributed by atoms with Crippen molar-refractivity contribution in [1.82, 2.24) is 0 Å². The molecule has 7 nitrogen and oxygen atoms in total. The van der Waals surface area contributed by atoms with Crippen molar-refractivity contribution >= 4 is 0 Å². The van der Waals surface area contributed by atoms with Crippen molar-refractivity contribution in [2.24, 2.45) is 0 Å². The van der Waals surface area contributed by atoms with Crippen LogP contribution in [0.15, 0.2) is 0 Å². The summed E-state index contributed by atoms with van der Waals surface area (Å²) in [4.78, 5) is 0. The van der Waals surface area contributed by atoms with Gasteiger partial charge in [0.2, 0.25) is 0 Å². The molecule has 0 aromatic heterocycles. The molecule has 4 atom stereocenters. The van der Waals surface area contributed by atoms with E-state index >= 15 is 0 Å². The maximum absolute atomic E-state index is 9.53. The van der Waals surface area contributed by atoms with Gasteiger partial charge in [-0.1, -0.05) is 0 Å². The van der Waals surface area contributed by atoms with Crippen molar-refractivity contribution < 1.29 is 35.4 Å². The van der Waals surface area contributed by atoms with E-state index in [4.69, 9.17) is 9.84 Å². The molecule has 0 aromatic carbocycles. The molecule has 1 saturated carbocycles. The van der Waals surface area contributed by atoms with Gasteiger partial charge in [0.1, 0.15) is 36.6 Å². The average Bonchev–Trinajstić information content (AvgIpc) is 2.28. The lowest BCUT2D eigenvalue weighted by Gasteiger charge is -2.41. The molecular weight excluding hydrogens is 220 g/mol. The molecule has 16 heavy (non-hydrogen) atoms.